The molecule has 0 radical (unpaired) electrons. The number of imidazole rings is 1. The minimum atomic E-state index is 0.847. The molecule has 2 heterocycles. The molecule has 120 valence electrons. The molecule has 3 rings (SSSR count). The lowest BCUT2D eigenvalue weighted by Crippen LogP contribution is -2.07. The standard InChI is InChI=1S/C19H24N4/c1-4-17-16(18(5-2)22(3)21-17)13-19-20-11-12-23(19)14-15-9-7-6-8-10-15/h6-12H,4-5,13-14H2,1-3H3. The smallest absolute Gasteiger partial charge is 0.113 e. The summed E-state index contributed by atoms with van der Waals surface area (Å²) >= 11 is 0. The van der Waals surface area contributed by atoms with E-state index in [1.807, 2.05) is 17.9 Å². The number of hydrogen-bond donors (Lipinski definition) is 0. The van der Waals surface area contributed by atoms with Gasteiger partial charge < -0.3 is 4.57 Å². The topological polar surface area (TPSA) is 35.6 Å². The Morgan fingerprint density at radius 1 is 1.04 bits per heavy atom. The Morgan fingerprint density at radius 2 is 1.83 bits per heavy atom. The summed E-state index contributed by atoms with van der Waals surface area (Å²) in [6, 6.07) is 10.5. The van der Waals surface area contributed by atoms with Crippen molar-refractivity contribution in [3.63, 3.8) is 0 Å². The molecule has 0 spiro atoms. The molecule has 0 atom stereocenters. The molecule has 0 unspecified atom stereocenters. The Balaban J connectivity index is 1.89. The lowest BCUT2D eigenvalue weighted by Gasteiger charge is -2.09. The van der Waals surface area contributed by atoms with E-state index in [4.69, 9.17) is 0 Å². The van der Waals surface area contributed by atoms with Crippen LogP contribution in [0.3, 0.4) is 0 Å². The first-order valence-corrected chi connectivity index (χ1v) is 8.30. The third-order valence-corrected chi connectivity index (χ3v) is 4.36. The highest BCUT2D eigenvalue weighted by atomic mass is 15.3. The molecule has 2 aromatic heterocycles. The van der Waals surface area contributed by atoms with Crippen LogP contribution < -0.4 is 0 Å². The summed E-state index contributed by atoms with van der Waals surface area (Å²) in [5.41, 5.74) is 5.15. The van der Waals surface area contributed by atoms with E-state index in [0.717, 1.165) is 31.6 Å². The molecule has 3 aromatic rings. The molecule has 1 aromatic carbocycles. The van der Waals surface area contributed by atoms with E-state index in [2.05, 4.69) is 65.0 Å². The molecule has 0 amide bonds. The van der Waals surface area contributed by atoms with Crippen LogP contribution in [0.25, 0.3) is 0 Å². The first kappa shape index (κ1) is 15.5. The second kappa shape index (κ2) is 6.82. The van der Waals surface area contributed by atoms with Gasteiger partial charge in [-0.05, 0) is 18.4 Å². The van der Waals surface area contributed by atoms with Gasteiger partial charge in [0.05, 0.1) is 5.69 Å². The number of hydrogen-bond acceptors (Lipinski definition) is 2. The maximum atomic E-state index is 4.67. The van der Waals surface area contributed by atoms with Gasteiger partial charge in [0.1, 0.15) is 5.82 Å². The molecule has 0 aliphatic rings. The van der Waals surface area contributed by atoms with E-state index < -0.39 is 0 Å². The van der Waals surface area contributed by atoms with Crippen LogP contribution in [0.2, 0.25) is 0 Å². The third-order valence-electron chi connectivity index (χ3n) is 4.36. The van der Waals surface area contributed by atoms with Gasteiger partial charge in [0.15, 0.2) is 0 Å². The molecule has 23 heavy (non-hydrogen) atoms. The van der Waals surface area contributed by atoms with Crippen LogP contribution in [0.5, 0.6) is 0 Å². The van der Waals surface area contributed by atoms with Crippen LogP contribution in [0.15, 0.2) is 42.7 Å². The number of aromatic nitrogens is 4. The number of benzene rings is 1. The second-order valence-corrected chi connectivity index (χ2v) is 5.84. The molecule has 4 heteroatoms. The van der Waals surface area contributed by atoms with E-state index >= 15 is 0 Å². The fraction of sp³-hybridized carbons (Fsp3) is 0.368. The maximum Gasteiger partial charge on any atom is 0.113 e. The van der Waals surface area contributed by atoms with Gasteiger partial charge in [0.25, 0.3) is 0 Å². The molecule has 0 fully saturated rings. The van der Waals surface area contributed by atoms with Crippen LogP contribution in [-0.2, 0) is 32.9 Å². The lowest BCUT2D eigenvalue weighted by atomic mass is 10.1. The largest absolute Gasteiger partial charge is 0.330 e. The molecule has 4 nitrogen and oxygen atoms in total. The zero-order chi connectivity index (χ0) is 16.2. The summed E-state index contributed by atoms with van der Waals surface area (Å²) in [6.45, 7) is 5.22. The van der Waals surface area contributed by atoms with Crippen molar-refractivity contribution >= 4 is 0 Å². The van der Waals surface area contributed by atoms with Crippen LogP contribution in [-0.4, -0.2) is 19.3 Å². The van der Waals surface area contributed by atoms with E-state index in [9.17, 15) is 0 Å². The summed E-state index contributed by atoms with van der Waals surface area (Å²) < 4.78 is 4.26. The van der Waals surface area contributed by atoms with Gasteiger partial charge in [-0.2, -0.15) is 5.10 Å². The van der Waals surface area contributed by atoms with E-state index in [1.165, 1.54) is 22.5 Å². The second-order valence-electron chi connectivity index (χ2n) is 5.84. The monoisotopic (exact) mass is 308 g/mol. The normalized spacial score (nSPS) is 11.1. The van der Waals surface area contributed by atoms with Gasteiger partial charge in [-0.3, -0.25) is 4.68 Å². The van der Waals surface area contributed by atoms with Crippen molar-refractivity contribution in [3.8, 4) is 0 Å². The summed E-state index contributed by atoms with van der Waals surface area (Å²) in [5, 5.41) is 4.67. The number of nitrogens with zero attached hydrogens (tertiary/aromatic N) is 4. The molecular weight excluding hydrogens is 284 g/mol. The van der Waals surface area contributed by atoms with E-state index in [1.54, 1.807) is 0 Å². The van der Waals surface area contributed by atoms with Gasteiger partial charge in [-0.1, -0.05) is 44.2 Å². The van der Waals surface area contributed by atoms with Gasteiger partial charge >= 0.3 is 0 Å². The highest BCUT2D eigenvalue weighted by molar-refractivity contribution is 5.30. The number of rotatable bonds is 6. The van der Waals surface area contributed by atoms with Crippen molar-refractivity contribution in [2.24, 2.45) is 7.05 Å². The summed E-state index contributed by atoms with van der Waals surface area (Å²) in [7, 11) is 2.04. The van der Waals surface area contributed by atoms with Gasteiger partial charge in [-0.25, -0.2) is 4.98 Å². The molecular formula is C19H24N4. The molecule has 0 N–H and O–H groups in total. The fourth-order valence-corrected chi connectivity index (χ4v) is 3.18. The van der Waals surface area contributed by atoms with E-state index in [0.29, 0.717) is 0 Å². The summed E-state index contributed by atoms with van der Waals surface area (Å²) in [6.07, 6.45) is 6.77. The lowest BCUT2D eigenvalue weighted by molar-refractivity contribution is 0.702. The molecule has 0 bridgehead atoms. The Kier molecular flexibility index (Phi) is 4.60. The van der Waals surface area contributed by atoms with Crippen molar-refractivity contribution in [3.05, 3.63) is 71.1 Å². The first-order chi connectivity index (χ1) is 11.2. The molecule has 0 saturated carbocycles. The summed E-state index contributed by atoms with van der Waals surface area (Å²) in [5.74, 6) is 1.10. The zero-order valence-electron chi connectivity index (χ0n) is 14.2. The Bertz CT molecular complexity index is 768. The Morgan fingerprint density at radius 3 is 2.52 bits per heavy atom. The zero-order valence-corrected chi connectivity index (χ0v) is 14.2. The average molecular weight is 308 g/mol. The van der Waals surface area contributed by atoms with Gasteiger partial charge in [0.2, 0.25) is 0 Å². The fourth-order valence-electron chi connectivity index (χ4n) is 3.18. The summed E-state index contributed by atoms with van der Waals surface area (Å²) in [4.78, 5) is 4.59. The van der Waals surface area contributed by atoms with Crippen molar-refractivity contribution in [1.82, 2.24) is 19.3 Å². The Hall–Kier alpha value is -2.36. The highest BCUT2D eigenvalue weighted by Crippen LogP contribution is 2.19. The predicted octanol–water partition coefficient (Wildman–Crippen LogP) is 3.38. The molecule has 0 saturated heterocycles. The third kappa shape index (κ3) is 3.21. The van der Waals surface area contributed by atoms with Gasteiger partial charge in [0, 0.05) is 43.7 Å². The first-order valence-electron chi connectivity index (χ1n) is 8.30. The number of aryl methyl sites for hydroxylation is 2. The highest BCUT2D eigenvalue weighted by Gasteiger charge is 2.16. The van der Waals surface area contributed by atoms with Crippen LogP contribution in [0.1, 0.15) is 42.2 Å². The molecule has 0 aliphatic heterocycles. The SMILES string of the molecule is CCc1nn(C)c(CC)c1Cc1nccn1Cc1ccccc1. The maximum absolute atomic E-state index is 4.67. The minimum absolute atomic E-state index is 0.847. The van der Waals surface area contributed by atoms with Crippen molar-refractivity contribution < 1.29 is 0 Å². The predicted molar refractivity (Wildman–Crippen MR) is 92.5 cm³/mol. The van der Waals surface area contributed by atoms with Crippen LogP contribution >= 0.6 is 0 Å². The van der Waals surface area contributed by atoms with Crippen LogP contribution in [0.4, 0.5) is 0 Å². The van der Waals surface area contributed by atoms with Crippen molar-refractivity contribution in [2.75, 3.05) is 0 Å². The van der Waals surface area contributed by atoms with Crippen LogP contribution in [0, 0.1) is 0 Å². The van der Waals surface area contributed by atoms with Gasteiger partial charge in [-0.15, -0.1) is 0 Å². The Labute approximate surface area is 137 Å². The quantitative estimate of drug-likeness (QED) is 0.700. The minimum Gasteiger partial charge on any atom is -0.330 e. The average Bonchev–Trinajstić information content (AvgIpc) is 3.13. The van der Waals surface area contributed by atoms with Crippen molar-refractivity contribution in [1.29, 1.82) is 0 Å². The van der Waals surface area contributed by atoms with E-state index in [-0.39, 0.29) is 0 Å². The molecule has 0 aliphatic carbocycles. The van der Waals surface area contributed by atoms with Crippen molar-refractivity contribution in [2.45, 2.75) is 39.7 Å².